The molecule has 0 radical (unpaired) electrons. The summed E-state index contributed by atoms with van der Waals surface area (Å²) >= 11 is 0. The second kappa shape index (κ2) is 52.8. The fourth-order valence-electron chi connectivity index (χ4n) is 9.23. The highest BCUT2D eigenvalue weighted by atomic mass is 16.6. The number of ether oxygens (including phenoxy) is 3. The number of unbranched alkanes of at least 4 members (excludes halogenated alkanes) is 39. The van der Waals surface area contributed by atoms with Gasteiger partial charge in [-0.25, -0.2) is 0 Å². The van der Waals surface area contributed by atoms with Crippen LogP contribution in [-0.2, 0) is 28.6 Å². The summed E-state index contributed by atoms with van der Waals surface area (Å²) in [6.45, 7) is 11.4. The first-order chi connectivity index (χ1) is 32.2. The van der Waals surface area contributed by atoms with Gasteiger partial charge in [-0.3, -0.25) is 14.4 Å². The molecular weight excluding hydrogens is 817 g/mol. The standard InChI is InChI=1S/C60H116O6/c1-6-7-8-9-10-11-12-18-25-30-35-40-45-50-58(61)64-53-57(54-65-59(62)51-46-41-36-31-26-22-17-20-24-29-34-39-44-49-56(4)5)66-60(63)52-47-42-37-32-27-21-16-14-13-15-19-23-28-33-38-43-48-55(2)3/h55-57H,6-54H2,1-5H3/t57-/m1/s1. The first-order valence-electron chi connectivity index (χ1n) is 29.7. The van der Waals surface area contributed by atoms with Gasteiger partial charge >= 0.3 is 17.9 Å². The van der Waals surface area contributed by atoms with Crippen molar-refractivity contribution in [2.75, 3.05) is 13.2 Å². The maximum absolute atomic E-state index is 12.9. The Hall–Kier alpha value is -1.59. The minimum atomic E-state index is -0.763. The zero-order valence-corrected chi connectivity index (χ0v) is 45.3. The van der Waals surface area contributed by atoms with Gasteiger partial charge in [-0.1, -0.05) is 298 Å². The summed E-state index contributed by atoms with van der Waals surface area (Å²) in [7, 11) is 0. The van der Waals surface area contributed by atoms with E-state index in [1.165, 1.54) is 225 Å². The molecule has 0 unspecified atom stereocenters. The lowest BCUT2D eigenvalue weighted by Gasteiger charge is -2.18. The van der Waals surface area contributed by atoms with Gasteiger partial charge < -0.3 is 14.2 Å². The maximum Gasteiger partial charge on any atom is 0.306 e. The summed E-state index contributed by atoms with van der Waals surface area (Å²) < 4.78 is 16.9. The molecule has 0 N–H and O–H groups in total. The summed E-state index contributed by atoms with van der Waals surface area (Å²) in [6, 6.07) is 0. The molecular formula is C60H116O6. The molecule has 0 amide bonds. The number of carbonyl (C=O) groups is 3. The molecule has 0 aliphatic carbocycles. The van der Waals surface area contributed by atoms with Gasteiger partial charge in [0.1, 0.15) is 13.2 Å². The molecule has 0 aliphatic rings. The van der Waals surface area contributed by atoms with Gasteiger partial charge in [0, 0.05) is 19.3 Å². The van der Waals surface area contributed by atoms with Gasteiger partial charge in [0.05, 0.1) is 0 Å². The number of esters is 3. The van der Waals surface area contributed by atoms with Crippen LogP contribution in [0.1, 0.15) is 336 Å². The molecule has 6 heteroatoms. The zero-order valence-electron chi connectivity index (χ0n) is 45.3. The Balaban J connectivity index is 4.28. The molecule has 0 saturated carbocycles. The fourth-order valence-corrected chi connectivity index (χ4v) is 9.23. The number of hydrogen-bond donors (Lipinski definition) is 0. The monoisotopic (exact) mass is 933 g/mol. The van der Waals surface area contributed by atoms with Crippen molar-refractivity contribution < 1.29 is 28.6 Å². The van der Waals surface area contributed by atoms with Crippen LogP contribution < -0.4 is 0 Å². The third-order valence-electron chi connectivity index (χ3n) is 13.7. The van der Waals surface area contributed by atoms with Crippen molar-refractivity contribution in [2.24, 2.45) is 11.8 Å². The Morgan fingerprint density at radius 3 is 0.742 bits per heavy atom. The highest BCUT2D eigenvalue weighted by Crippen LogP contribution is 2.18. The molecule has 66 heavy (non-hydrogen) atoms. The zero-order chi connectivity index (χ0) is 48.2. The summed E-state index contributed by atoms with van der Waals surface area (Å²) in [5.41, 5.74) is 0. The first kappa shape index (κ1) is 64.4. The van der Waals surface area contributed by atoms with Gasteiger partial charge in [-0.15, -0.1) is 0 Å². The van der Waals surface area contributed by atoms with Gasteiger partial charge in [-0.2, -0.15) is 0 Å². The minimum absolute atomic E-state index is 0.0623. The number of hydrogen-bond acceptors (Lipinski definition) is 6. The van der Waals surface area contributed by atoms with Crippen LogP contribution in [-0.4, -0.2) is 37.2 Å². The molecule has 0 aromatic rings. The van der Waals surface area contributed by atoms with Crippen molar-refractivity contribution in [1.82, 2.24) is 0 Å². The lowest BCUT2D eigenvalue weighted by Crippen LogP contribution is -2.30. The Morgan fingerprint density at radius 2 is 0.500 bits per heavy atom. The molecule has 392 valence electrons. The van der Waals surface area contributed by atoms with Crippen LogP contribution in [0.2, 0.25) is 0 Å². The molecule has 0 heterocycles. The van der Waals surface area contributed by atoms with Crippen LogP contribution in [0.15, 0.2) is 0 Å². The van der Waals surface area contributed by atoms with Crippen LogP contribution in [0.5, 0.6) is 0 Å². The third kappa shape index (κ3) is 53.4. The van der Waals surface area contributed by atoms with Crippen LogP contribution >= 0.6 is 0 Å². The highest BCUT2D eigenvalue weighted by Gasteiger charge is 2.19. The molecule has 6 nitrogen and oxygen atoms in total. The summed E-state index contributed by atoms with van der Waals surface area (Å²) in [5, 5.41) is 0. The van der Waals surface area contributed by atoms with E-state index in [1.807, 2.05) is 0 Å². The quantitative estimate of drug-likeness (QED) is 0.0343. The van der Waals surface area contributed by atoms with E-state index in [-0.39, 0.29) is 31.1 Å². The van der Waals surface area contributed by atoms with Gasteiger partial charge in [0.25, 0.3) is 0 Å². The van der Waals surface area contributed by atoms with E-state index in [1.54, 1.807) is 0 Å². The maximum atomic E-state index is 12.9. The van der Waals surface area contributed by atoms with Gasteiger partial charge in [0.15, 0.2) is 6.10 Å². The van der Waals surface area contributed by atoms with Gasteiger partial charge in [0.2, 0.25) is 0 Å². The van der Waals surface area contributed by atoms with Crippen molar-refractivity contribution >= 4 is 17.9 Å². The van der Waals surface area contributed by atoms with E-state index >= 15 is 0 Å². The number of carbonyl (C=O) groups excluding carboxylic acids is 3. The SMILES string of the molecule is CCCCCCCCCCCCCCCC(=O)OC[C@H](COC(=O)CCCCCCCCCCCCCCCC(C)C)OC(=O)CCCCCCCCCCCCCCCCCCC(C)C. The Morgan fingerprint density at radius 1 is 0.288 bits per heavy atom. The van der Waals surface area contributed by atoms with E-state index in [4.69, 9.17) is 14.2 Å². The molecule has 0 aromatic heterocycles. The fraction of sp³-hybridized carbons (Fsp3) is 0.950. The average Bonchev–Trinajstić information content (AvgIpc) is 3.29. The lowest BCUT2D eigenvalue weighted by molar-refractivity contribution is -0.167. The van der Waals surface area contributed by atoms with Crippen molar-refractivity contribution in [3.05, 3.63) is 0 Å². The van der Waals surface area contributed by atoms with E-state index in [9.17, 15) is 14.4 Å². The molecule has 0 fully saturated rings. The van der Waals surface area contributed by atoms with Crippen LogP contribution in [0.4, 0.5) is 0 Å². The summed E-state index contributed by atoms with van der Waals surface area (Å²) in [6.07, 6.45) is 56.6. The van der Waals surface area contributed by atoms with Crippen molar-refractivity contribution in [3.63, 3.8) is 0 Å². The van der Waals surface area contributed by atoms with Gasteiger partial charge in [-0.05, 0) is 31.1 Å². The van der Waals surface area contributed by atoms with Crippen LogP contribution in [0, 0.1) is 11.8 Å². The first-order valence-corrected chi connectivity index (χ1v) is 29.7. The smallest absolute Gasteiger partial charge is 0.306 e. The molecule has 0 spiro atoms. The Kier molecular flexibility index (Phi) is 51.5. The van der Waals surface area contributed by atoms with E-state index < -0.39 is 6.10 Å². The van der Waals surface area contributed by atoms with E-state index in [0.717, 1.165) is 69.6 Å². The molecule has 0 aliphatic heterocycles. The Labute approximate surface area is 412 Å². The topological polar surface area (TPSA) is 78.9 Å². The van der Waals surface area contributed by atoms with E-state index in [0.29, 0.717) is 19.3 Å². The second-order valence-electron chi connectivity index (χ2n) is 21.6. The normalized spacial score (nSPS) is 12.0. The molecule has 0 saturated heterocycles. The lowest BCUT2D eigenvalue weighted by atomic mass is 10.0. The highest BCUT2D eigenvalue weighted by molar-refractivity contribution is 5.71. The predicted molar refractivity (Wildman–Crippen MR) is 284 cm³/mol. The average molecular weight is 934 g/mol. The summed E-state index contributed by atoms with van der Waals surface area (Å²) in [5.74, 6) is 0.855. The Bertz CT molecular complexity index is 1010. The van der Waals surface area contributed by atoms with E-state index in [2.05, 4.69) is 34.6 Å². The second-order valence-corrected chi connectivity index (χ2v) is 21.6. The van der Waals surface area contributed by atoms with Crippen LogP contribution in [0.25, 0.3) is 0 Å². The number of rotatable bonds is 54. The van der Waals surface area contributed by atoms with Crippen molar-refractivity contribution in [2.45, 2.75) is 343 Å². The molecule has 0 aromatic carbocycles. The predicted octanol–water partition coefficient (Wildman–Crippen LogP) is 19.7. The molecule has 1 atom stereocenters. The van der Waals surface area contributed by atoms with Crippen molar-refractivity contribution in [3.8, 4) is 0 Å². The molecule has 0 bridgehead atoms. The third-order valence-corrected chi connectivity index (χ3v) is 13.7. The minimum Gasteiger partial charge on any atom is -0.462 e. The molecule has 0 rings (SSSR count). The largest absolute Gasteiger partial charge is 0.462 e. The summed E-state index contributed by atoms with van der Waals surface area (Å²) in [4.78, 5) is 38.2. The van der Waals surface area contributed by atoms with Crippen LogP contribution in [0.3, 0.4) is 0 Å². The van der Waals surface area contributed by atoms with Crippen molar-refractivity contribution in [1.29, 1.82) is 0 Å².